The van der Waals surface area contributed by atoms with E-state index < -0.39 is 0 Å². The number of benzene rings is 2. The molecular formula is C15H13Zr-. The molecule has 1 aliphatic rings. The number of rotatable bonds is 0. The van der Waals surface area contributed by atoms with Crippen molar-refractivity contribution in [3.8, 4) is 11.1 Å². The van der Waals surface area contributed by atoms with Crippen LogP contribution in [0.4, 0.5) is 0 Å². The third kappa shape index (κ3) is 1.82. The Morgan fingerprint density at radius 3 is 2.56 bits per heavy atom. The Balaban J connectivity index is 0.000000963. The number of hydrogen-bond acceptors (Lipinski definition) is 0. The molecule has 0 heterocycles. The molecule has 2 aromatic rings. The van der Waals surface area contributed by atoms with Crippen molar-refractivity contribution < 1.29 is 26.2 Å². The van der Waals surface area contributed by atoms with Crippen LogP contribution in [0.25, 0.3) is 11.1 Å². The van der Waals surface area contributed by atoms with Gasteiger partial charge >= 0.3 is 0 Å². The second-order valence-corrected chi connectivity index (χ2v) is 4.37. The van der Waals surface area contributed by atoms with E-state index in [1.807, 2.05) is 0 Å². The van der Waals surface area contributed by atoms with Gasteiger partial charge in [0, 0.05) is 26.2 Å². The molecule has 78 valence electrons. The van der Waals surface area contributed by atoms with Gasteiger partial charge < -0.3 is 0 Å². The Morgan fingerprint density at radius 1 is 1.00 bits per heavy atom. The summed E-state index contributed by atoms with van der Waals surface area (Å²) in [7, 11) is 0. The van der Waals surface area contributed by atoms with Crippen molar-refractivity contribution in [1.82, 2.24) is 0 Å². The van der Waals surface area contributed by atoms with Crippen molar-refractivity contribution in [2.75, 3.05) is 0 Å². The molecule has 16 heavy (non-hydrogen) atoms. The predicted molar refractivity (Wildman–Crippen MR) is 63.0 cm³/mol. The normalized spacial score (nSPS) is 11.6. The Morgan fingerprint density at radius 2 is 1.75 bits per heavy atom. The molecule has 0 unspecified atom stereocenters. The molecular weight excluding hydrogens is 271 g/mol. The predicted octanol–water partition coefficient (Wildman–Crippen LogP) is 3.67. The summed E-state index contributed by atoms with van der Waals surface area (Å²) in [5.74, 6) is 0. The first-order chi connectivity index (χ1) is 7.24. The van der Waals surface area contributed by atoms with E-state index in [-0.39, 0.29) is 26.2 Å². The molecule has 1 heteroatoms. The Bertz CT molecular complexity index is 492. The molecule has 1 aliphatic carbocycles. The van der Waals surface area contributed by atoms with Gasteiger partial charge in [-0.2, -0.15) is 23.8 Å². The molecule has 0 aliphatic heterocycles. The largest absolute Gasteiger partial charge is 0.176 e. The summed E-state index contributed by atoms with van der Waals surface area (Å²) < 4.78 is 0. The van der Waals surface area contributed by atoms with E-state index in [1.165, 1.54) is 33.4 Å². The summed E-state index contributed by atoms with van der Waals surface area (Å²) in [5.41, 5.74) is 8.15. The van der Waals surface area contributed by atoms with E-state index in [0.717, 1.165) is 6.42 Å². The summed E-state index contributed by atoms with van der Waals surface area (Å²) in [5, 5.41) is 0. The average Bonchev–Trinajstić information content (AvgIpc) is 2.53. The minimum absolute atomic E-state index is 0. The molecule has 0 fully saturated rings. The maximum Gasteiger partial charge on any atom is 0 e. The summed E-state index contributed by atoms with van der Waals surface area (Å²) in [6.07, 6.45) is 1.05. The van der Waals surface area contributed by atoms with Gasteiger partial charge in [0.15, 0.2) is 0 Å². The zero-order chi connectivity index (χ0) is 10.4. The van der Waals surface area contributed by atoms with E-state index in [2.05, 4.69) is 50.2 Å². The van der Waals surface area contributed by atoms with Crippen LogP contribution in [-0.2, 0) is 32.6 Å². The Kier molecular flexibility index (Phi) is 3.17. The first-order valence-corrected chi connectivity index (χ1v) is 5.36. The smallest absolute Gasteiger partial charge is 0 e. The van der Waals surface area contributed by atoms with E-state index in [0.29, 0.717) is 0 Å². The van der Waals surface area contributed by atoms with Crippen molar-refractivity contribution in [2.24, 2.45) is 0 Å². The van der Waals surface area contributed by atoms with Gasteiger partial charge in [-0.1, -0.05) is 36.2 Å². The zero-order valence-electron chi connectivity index (χ0n) is 9.59. The van der Waals surface area contributed by atoms with Gasteiger partial charge in [0.2, 0.25) is 0 Å². The molecule has 3 rings (SSSR count). The van der Waals surface area contributed by atoms with Gasteiger partial charge in [0.25, 0.3) is 0 Å². The molecule has 0 saturated carbocycles. The van der Waals surface area contributed by atoms with Gasteiger partial charge in [0.05, 0.1) is 0 Å². The number of aryl methyl sites for hydroxylation is 2. The maximum atomic E-state index is 3.45. The molecule has 2 aromatic carbocycles. The third-order valence-corrected chi connectivity index (χ3v) is 3.09. The third-order valence-electron chi connectivity index (χ3n) is 3.09. The summed E-state index contributed by atoms with van der Waals surface area (Å²) in [6, 6.07) is 14.5. The van der Waals surface area contributed by atoms with Crippen LogP contribution in [0.5, 0.6) is 0 Å². The minimum Gasteiger partial charge on any atom is -0.176 e. The van der Waals surface area contributed by atoms with Crippen molar-refractivity contribution in [3.05, 3.63) is 58.7 Å². The van der Waals surface area contributed by atoms with Crippen LogP contribution in [0, 0.1) is 19.9 Å². The average molecular weight is 284 g/mol. The van der Waals surface area contributed by atoms with E-state index >= 15 is 0 Å². The first kappa shape index (κ1) is 11.8. The molecule has 0 bridgehead atoms. The van der Waals surface area contributed by atoms with E-state index in [4.69, 9.17) is 0 Å². The topological polar surface area (TPSA) is 0 Å². The molecule has 0 radical (unpaired) electrons. The van der Waals surface area contributed by atoms with Crippen molar-refractivity contribution >= 4 is 0 Å². The molecule has 0 amide bonds. The fraction of sp³-hybridized carbons (Fsp3) is 0.200. The zero-order valence-corrected chi connectivity index (χ0v) is 12.1. The van der Waals surface area contributed by atoms with Gasteiger partial charge in [0.1, 0.15) is 0 Å². The Hall–Kier alpha value is -0.677. The standard InChI is InChI=1S/C15H13.Zr/c1-10-3-5-14-12(7-10)9-13-8-11(2)4-6-15(13)14;/h3-7H,9H2,1-2H3;/q-1;. The quantitative estimate of drug-likeness (QED) is 0.553. The molecule has 0 spiro atoms. The van der Waals surface area contributed by atoms with Crippen LogP contribution in [0.2, 0.25) is 0 Å². The second-order valence-electron chi connectivity index (χ2n) is 4.37. The first-order valence-electron chi connectivity index (χ1n) is 5.36. The van der Waals surface area contributed by atoms with Gasteiger partial charge in [-0.15, -0.1) is 11.1 Å². The van der Waals surface area contributed by atoms with Crippen molar-refractivity contribution in [2.45, 2.75) is 20.3 Å². The molecule has 0 saturated heterocycles. The molecule has 0 N–H and O–H groups in total. The van der Waals surface area contributed by atoms with Crippen molar-refractivity contribution in [3.63, 3.8) is 0 Å². The summed E-state index contributed by atoms with van der Waals surface area (Å²) in [6.45, 7) is 4.26. The van der Waals surface area contributed by atoms with Crippen LogP contribution in [0.1, 0.15) is 22.3 Å². The van der Waals surface area contributed by atoms with Gasteiger partial charge in [-0.05, 0) is 18.9 Å². The fourth-order valence-corrected chi connectivity index (χ4v) is 2.37. The summed E-state index contributed by atoms with van der Waals surface area (Å²) >= 11 is 0. The molecule has 0 atom stereocenters. The minimum atomic E-state index is 0. The second kappa shape index (κ2) is 4.30. The maximum absolute atomic E-state index is 3.45. The monoisotopic (exact) mass is 283 g/mol. The van der Waals surface area contributed by atoms with Crippen molar-refractivity contribution in [1.29, 1.82) is 0 Å². The van der Waals surface area contributed by atoms with Crippen LogP contribution in [-0.4, -0.2) is 0 Å². The SMILES string of the molecule is Cc1[c-]c2c(cc1)-c1ccc(C)cc1C2.[Zr]. The Labute approximate surface area is 116 Å². The van der Waals surface area contributed by atoms with Crippen LogP contribution in [0.15, 0.2) is 30.3 Å². The number of fused-ring (bicyclic) bond motifs is 3. The number of hydrogen-bond donors (Lipinski definition) is 0. The van der Waals surface area contributed by atoms with Crippen LogP contribution >= 0.6 is 0 Å². The van der Waals surface area contributed by atoms with Gasteiger partial charge in [-0.25, -0.2) is 0 Å². The summed E-state index contributed by atoms with van der Waals surface area (Å²) in [4.78, 5) is 0. The van der Waals surface area contributed by atoms with Gasteiger partial charge in [-0.3, -0.25) is 0 Å². The van der Waals surface area contributed by atoms with Crippen LogP contribution < -0.4 is 0 Å². The van der Waals surface area contributed by atoms with E-state index in [1.54, 1.807) is 0 Å². The molecule has 0 aromatic heterocycles. The fourth-order valence-electron chi connectivity index (χ4n) is 2.37. The molecule has 0 nitrogen and oxygen atoms in total. The van der Waals surface area contributed by atoms with Crippen LogP contribution in [0.3, 0.4) is 0 Å². The van der Waals surface area contributed by atoms with E-state index in [9.17, 15) is 0 Å².